The number of nitrogens with zero attached hydrogens (tertiary/aromatic N) is 5. The number of piperidine rings is 1. The van der Waals surface area contributed by atoms with Gasteiger partial charge in [-0.15, -0.1) is 0 Å². The summed E-state index contributed by atoms with van der Waals surface area (Å²) >= 11 is 0. The van der Waals surface area contributed by atoms with Gasteiger partial charge in [0.2, 0.25) is 11.8 Å². The quantitative estimate of drug-likeness (QED) is 0.368. The van der Waals surface area contributed by atoms with E-state index >= 15 is 0 Å². The highest BCUT2D eigenvalue weighted by molar-refractivity contribution is 6.17. The largest absolute Gasteiger partial charge is 0.372 e. The third-order valence-corrected chi connectivity index (χ3v) is 8.03. The summed E-state index contributed by atoms with van der Waals surface area (Å²) < 4.78 is 0. The molecule has 0 aliphatic carbocycles. The van der Waals surface area contributed by atoms with Gasteiger partial charge in [0, 0.05) is 64.0 Å². The molecule has 9 nitrogen and oxygen atoms in total. The van der Waals surface area contributed by atoms with Crippen molar-refractivity contribution in [1.29, 1.82) is 0 Å². The average Bonchev–Trinajstić information content (AvgIpc) is 3.14. The molecule has 5 rings (SSSR count). The highest BCUT2D eigenvalue weighted by Gasteiger charge is 2.30. The maximum absolute atomic E-state index is 13.6. The van der Waals surface area contributed by atoms with Gasteiger partial charge < -0.3 is 20.0 Å². The van der Waals surface area contributed by atoms with Gasteiger partial charge in [0.15, 0.2) is 5.82 Å². The summed E-state index contributed by atoms with van der Waals surface area (Å²) in [5, 5.41) is 2.84. The number of carbonyl (C=O) groups excluding carboxylic acids is 3. The molecule has 2 aliphatic heterocycles. The highest BCUT2D eigenvalue weighted by atomic mass is 16.2. The van der Waals surface area contributed by atoms with E-state index in [4.69, 9.17) is 0 Å². The molecular weight excluding hydrogens is 528 g/mol. The van der Waals surface area contributed by atoms with Gasteiger partial charge in [-0.25, -0.2) is 4.98 Å². The van der Waals surface area contributed by atoms with Gasteiger partial charge in [-0.3, -0.25) is 19.3 Å². The normalized spacial score (nSPS) is 14.6. The van der Waals surface area contributed by atoms with Crippen molar-refractivity contribution < 1.29 is 14.4 Å². The van der Waals surface area contributed by atoms with Crippen molar-refractivity contribution in [3.8, 4) is 0 Å². The minimum absolute atomic E-state index is 0.00702. The molecule has 42 heavy (non-hydrogen) atoms. The lowest BCUT2D eigenvalue weighted by atomic mass is 10.1. The van der Waals surface area contributed by atoms with Crippen LogP contribution in [0.4, 0.5) is 22.9 Å². The Morgan fingerprint density at radius 1 is 0.929 bits per heavy atom. The topological polar surface area (TPSA) is 89.1 Å². The first-order chi connectivity index (χ1) is 20.4. The molecule has 1 fully saturated rings. The summed E-state index contributed by atoms with van der Waals surface area (Å²) in [4.78, 5) is 51.9. The third-order valence-electron chi connectivity index (χ3n) is 8.03. The van der Waals surface area contributed by atoms with E-state index in [1.807, 2.05) is 6.92 Å². The molecule has 0 atom stereocenters. The zero-order valence-corrected chi connectivity index (χ0v) is 24.6. The minimum atomic E-state index is -0.301. The molecule has 2 aromatic carbocycles. The Kier molecular flexibility index (Phi) is 9.48. The number of anilines is 4. The second kappa shape index (κ2) is 13.6. The maximum Gasteiger partial charge on any atom is 0.257 e. The molecular formula is C33H40N6O3. The standard InChI is InChI=1S/C33H40N6O3/c1-3-37(23-22-36(2)24-25-13-15-26(16-14-25)38-20-7-4-8-21-38)30(40)17-18-31(41)39-29-12-6-5-10-27(29)33(42)35-28-11-9-19-34-32(28)39/h5-6,9-16,19H,3-4,7-8,17-18,20-24H2,1-2H3,(H,35,42). The lowest BCUT2D eigenvalue weighted by Crippen LogP contribution is -2.38. The molecule has 0 unspecified atom stereocenters. The van der Waals surface area contributed by atoms with E-state index in [-0.39, 0.29) is 30.6 Å². The number of pyridine rings is 1. The fourth-order valence-electron chi connectivity index (χ4n) is 5.68. The zero-order valence-electron chi connectivity index (χ0n) is 24.6. The van der Waals surface area contributed by atoms with E-state index in [2.05, 4.69) is 51.4 Å². The zero-order chi connectivity index (χ0) is 29.5. The fourth-order valence-corrected chi connectivity index (χ4v) is 5.68. The second-order valence-electron chi connectivity index (χ2n) is 11.0. The van der Waals surface area contributed by atoms with E-state index < -0.39 is 0 Å². The number of hydrogen-bond donors (Lipinski definition) is 1. The van der Waals surface area contributed by atoms with Gasteiger partial charge in [-0.2, -0.15) is 0 Å². The van der Waals surface area contributed by atoms with Crippen molar-refractivity contribution in [2.45, 2.75) is 45.6 Å². The Morgan fingerprint density at radius 2 is 1.69 bits per heavy atom. The number of para-hydroxylation sites is 1. The summed E-state index contributed by atoms with van der Waals surface area (Å²) in [6, 6.07) is 19.2. The van der Waals surface area contributed by atoms with E-state index in [0.29, 0.717) is 35.8 Å². The maximum atomic E-state index is 13.6. The number of benzene rings is 2. The van der Waals surface area contributed by atoms with Crippen molar-refractivity contribution in [2.75, 3.05) is 54.9 Å². The Labute approximate surface area is 248 Å². The summed E-state index contributed by atoms with van der Waals surface area (Å²) in [5.41, 5.74) is 3.84. The molecule has 3 aromatic rings. The third kappa shape index (κ3) is 6.79. The van der Waals surface area contributed by atoms with Crippen LogP contribution in [0.25, 0.3) is 0 Å². The average molecular weight is 569 g/mol. The second-order valence-corrected chi connectivity index (χ2v) is 11.0. The number of fused-ring (bicyclic) bond motifs is 2. The van der Waals surface area contributed by atoms with Gasteiger partial charge in [-0.1, -0.05) is 24.3 Å². The van der Waals surface area contributed by atoms with Gasteiger partial charge in [0.05, 0.1) is 16.9 Å². The number of amides is 3. The number of likely N-dealkylation sites (N-methyl/N-ethyl adjacent to an activating group) is 2. The van der Waals surface area contributed by atoms with Crippen LogP contribution in [0.2, 0.25) is 0 Å². The van der Waals surface area contributed by atoms with E-state index in [9.17, 15) is 14.4 Å². The fraction of sp³-hybridized carbons (Fsp3) is 0.394. The monoisotopic (exact) mass is 568 g/mol. The van der Waals surface area contributed by atoms with Crippen molar-refractivity contribution >= 4 is 40.6 Å². The lowest BCUT2D eigenvalue weighted by molar-refractivity contribution is -0.133. The van der Waals surface area contributed by atoms with Crippen LogP contribution in [0.15, 0.2) is 66.9 Å². The lowest BCUT2D eigenvalue weighted by Gasteiger charge is -2.29. The molecule has 0 bridgehead atoms. The molecule has 3 amide bonds. The molecule has 1 N–H and O–H groups in total. The number of aromatic nitrogens is 1. The highest BCUT2D eigenvalue weighted by Crippen LogP contribution is 2.36. The number of rotatable bonds is 10. The van der Waals surface area contributed by atoms with Crippen LogP contribution in [0.1, 0.15) is 54.9 Å². The molecule has 1 saturated heterocycles. The van der Waals surface area contributed by atoms with Gasteiger partial charge >= 0.3 is 0 Å². The van der Waals surface area contributed by atoms with Gasteiger partial charge in [0.25, 0.3) is 5.91 Å². The predicted molar refractivity (Wildman–Crippen MR) is 166 cm³/mol. The van der Waals surface area contributed by atoms with Gasteiger partial charge in [0.1, 0.15) is 0 Å². The van der Waals surface area contributed by atoms with Crippen LogP contribution in [0, 0.1) is 0 Å². The van der Waals surface area contributed by atoms with Crippen LogP contribution in [-0.4, -0.2) is 72.3 Å². The first kappa shape index (κ1) is 29.3. The number of nitrogens with one attached hydrogen (secondary N) is 1. The molecule has 0 saturated carbocycles. The predicted octanol–water partition coefficient (Wildman–Crippen LogP) is 5.06. The van der Waals surface area contributed by atoms with E-state index in [0.717, 1.165) is 26.2 Å². The Hall–Kier alpha value is -4.24. The number of carbonyl (C=O) groups is 3. The van der Waals surface area contributed by atoms with E-state index in [1.165, 1.54) is 35.4 Å². The number of hydrogen-bond acceptors (Lipinski definition) is 6. The summed E-state index contributed by atoms with van der Waals surface area (Å²) in [7, 11) is 2.07. The van der Waals surface area contributed by atoms with Gasteiger partial charge in [-0.05, 0) is 75.2 Å². The van der Waals surface area contributed by atoms with Crippen molar-refractivity contribution in [1.82, 2.24) is 14.8 Å². The minimum Gasteiger partial charge on any atom is -0.372 e. The SMILES string of the molecule is CCN(CCN(C)Cc1ccc(N2CCCCC2)cc1)C(=O)CCC(=O)N1c2ccccc2C(=O)Nc2cccnc21. The molecule has 1 aromatic heterocycles. The van der Waals surface area contributed by atoms with Crippen molar-refractivity contribution in [3.05, 3.63) is 78.0 Å². The summed E-state index contributed by atoms with van der Waals surface area (Å²) in [5.74, 6) is -0.297. The van der Waals surface area contributed by atoms with Crippen molar-refractivity contribution in [3.63, 3.8) is 0 Å². The Bertz CT molecular complexity index is 1400. The first-order valence-electron chi connectivity index (χ1n) is 14.9. The first-order valence-corrected chi connectivity index (χ1v) is 14.9. The van der Waals surface area contributed by atoms with Crippen LogP contribution in [0.3, 0.4) is 0 Å². The molecule has 2 aliphatic rings. The Morgan fingerprint density at radius 3 is 2.45 bits per heavy atom. The van der Waals surface area contributed by atoms with Crippen LogP contribution < -0.4 is 15.1 Å². The van der Waals surface area contributed by atoms with Crippen LogP contribution in [-0.2, 0) is 16.1 Å². The molecule has 0 spiro atoms. The van der Waals surface area contributed by atoms with Crippen molar-refractivity contribution in [2.24, 2.45) is 0 Å². The molecule has 0 radical (unpaired) electrons. The molecule has 3 heterocycles. The summed E-state index contributed by atoms with van der Waals surface area (Å²) in [6.45, 7) is 6.92. The van der Waals surface area contributed by atoms with Crippen LogP contribution >= 0.6 is 0 Å². The Balaban J connectivity index is 1.16. The summed E-state index contributed by atoms with van der Waals surface area (Å²) in [6.07, 6.45) is 5.53. The molecule has 220 valence electrons. The molecule has 9 heteroatoms. The van der Waals surface area contributed by atoms with Crippen LogP contribution in [0.5, 0.6) is 0 Å². The smallest absolute Gasteiger partial charge is 0.257 e. The van der Waals surface area contributed by atoms with E-state index in [1.54, 1.807) is 47.5 Å².